The molecule has 0 aromatic carbocycles. The second kappa shape index (κ2) is 6.03. The molecule has 1 atom stereocenters. The van der Waals surface area contributed by atoms with Crippen molar-refractivity contribution >= 4 is 12.0 Å². The van der Waals surface area contributed by atoms with Crippen molar-refractivity contribution in [3.8, 4) is 0 Å². The Morgan fingerprint density at radius 3 is 2.54 bits per heavy atom. The molecule has 7 nitrogen and oxygen atoms in total. The summed E-state index contributed by atoms with van der Waals surface area (Å²) in [4.78, 5) is 37.5. The molecule has 2 aliphatic rings. The van der Waals surface area contributed by atoms with Gasteiger partial charge in [-0.3, -0.25) is 9.69 Å². The van der Waals surface area contributed by atoms with E-state index in [1.807, 2.05) is 25.7 Å². The summed E-state index contributed by atoms with van der Waals surface area (Å²) in [5.74, 6) is 0.566. The third-order valence-corrected chi connectivity index (χ3v) is 4.23. The first kappa shape index (κ1) is 16.7. The van der Waals surface area contributed by atoms with Crippen LogP contribution in [0.15, 0.2) is 6.20 Å². The van der Waals surface area contributed by atoms with E-state index in [9.17, 15) is 9.59 Å². The molecule has 1 saturated heterocycles. The van der Waals surface area contributed by atoms with Crippen molar-refractivity contribution in [1.29, 1.82) is 0 Å². The molecule has 2 amide bonds. The van der Waals surface area contributed by atoms with Crippen LogP contribution in [0.1, 0.15) is 56.7 Å². The molecule has 3 rings (SSSR count). The Balaban J connectivity index is 1.92. The van der Waals surface area contributed by atoms with Crippen molar-refractivity contribution in [2.75, 3.05) is 13.1 Å². The zero-order valence-corrected chi connectivity index (χ0v) is 14.7. The number of aryl methyl sites for hydroxylation is 1. The van der Waals surface area contributed by atoms with E-state index >= 15 is 0 Å². The number of rotatable bonds is 1. The van der Waals surface area contributed by atoms with E-state index in [1.165, 1.54) is 4.90 Å². The first-order valence-electron chi connectivity index (χ1n) is 8.37. The Kier molecular flexibility index (Phi) is 4.19. The van der Waals surface area contributed by atoms with Crippen molar-refractivity contribution in [2.45, 2.75) is 58.7 Å². The van der Waals surface area contributed by atoms with Crippen LogP contribution < -0.4 is 0 Å². The van der Waals surface area contributed by atoms with Crippen LogP contribution in [-0.4, -0.2) is 50.5 Å². The second-order valence-electron chi connectivity index (χ2n) is 7.36. The summed E-state index contributed by atoms with van der Waals surface area (Å²) in [6.45, 7) is 8.99. The summed E-state index contributed by atoms with van der Waals surface area (Å²) < 4.78 is 5.49. The van der Waals surface area contributed by atoms with Crippen LogP contribution in [0.2, 0.25) is 0 Å². The minimum atomic E-state index is -0.687. The number of carbonyl (C=O) groups excluding carboxylic acids is 2. The normalized spacial score (nSPS) is 20.2. The summed E-state index contributed by atoms with van der Waals surface area (Å²) in [6, 6.07) is -0.687. The first-order valence-corrected chi connectivity index (χ1v) is 8.37. The van der Waals surface area contributed by atoms with E-state index in [0.717, 1.165) is 31.6 Å². The van der Waals surface area contributed by atoms with E-state index in [-0.39, 0.29) is 12.5 Å². The van der Waals surface area contributed by atoms with Crippen LogP contribution in [0.3, 0.4) is 0 Å². The van der Waals surface area contributed by atoms with Gasteiger partial charge >= 0.3 is 6.09 Å². The maximum absolute atomic E-state index is 13.0. The van der Waals surface area contributed by atoms with Crippen LogP contribution in [0.5, 0.6) is 0 Å². The number of carbonyl (C=O) groups is 2. The number of aromatic nitrogens is 2. The molecule has 0 bridgehead atoms. The Labute approximate surface area is 142 Å². The third-order valence-electron chi connectivity index (χ3n) is 4.23. The van der Waals surface area contributed by atoms with Crippen LogP contribution >= 0.6 is 0 Å². The number of nitrogens with zero attached hydrogens (tertiary/aromatic N) is 4. The molecule has 0 saturated carbocycles. The lowest BCUT2D eigenvalue weighted by molar-refractivity contribution is -0.135. The SMILES string of the molecule is Cc1ncc2c(n1)CN(C(=O)OC(C)(C)C)C2C(=O)N1CCCC1. The standard InChI is InChI=1S/C17H24N4O3/c1-11-18-9-12-13(19-11)10-21(16(23)24-17(2,3)4)14(12)15(22)20-7-5-6-8-20/h9,14H,5-8,10H2,1-4H3. The summed E-state index contributed by atoms with van der Waals surface area (Å²) in [6.07, 6.45) is 3.18. The lowest BCUT2D eigenvalue weighted by atomic mass is 10.1. The van der Waals surface area contributed by atoms with Gasteiger partial charge in [0.15, 0.2) is 0 Å². The summed E-state index contributed by atoms with van der Waals surface area (Å²) in [7, 11) is 0. The van der Waals surface area contributed by atoms with Gasteiger partial charge < -0.3 is 9.64 Å². The van der Waals surface area contributed by atoms with Crippen molar-refractivity contribution in [3.05, 3.63) is 23.3 Å². The minimum Gasteiger partial charge on any atom is -0.444 e. The molecule has 0 spiro atoms. The summed E-state index contributed by atoms with van der Waals surface area (Å²) >= 11 is 0. The third kappa shape index (κ3) is 3.20. The van der Waals surface area contributed by atoms with Gasteiger partial charge in [-0.2, -0.15) is 0 Å². The number of ether oxygens (including phenoxy) is 1. The topological polar surface area (TPSA) is 75.6 Å². The zero-order chi connectivity index (χ0) is 17.5. The minimum absolute atomic E-state index is 0.0652. The van der Waals surface area contributed by atoms with Gasteiger partial charge in [-0.15, -0.1) is 0 Å². The van der Waals surface area contributed by atoms with Crippen molar-refractivity contribution in [3.63, 3.8) is 0 Å². The Morgan fingerprint density at radius 1 is 1.25 bits per heavy atom. The fourth-order valence-electron chi connectivity index (χ4n) is 3.17. The van der Waals surface area contributed by atoms with Crippen LogP contribution in [0, 0.1) is 6.92 Å². The number of amides is 2. The van der Waals surface area contributed by atoms with Crippen molar-refractivity contribution in [1.82, 2.24) is 19.8 Å². The lowest BCUT2D eigenvalue weighted by Gasteiger charge is -2.30. The first-order chi connectivity index (χ1) is 11.3. The lowest BCUT2D eigenvalue weighted by Crippen LogP contribution is -2.43. The highest BCUT2D eigenvalue weighted by Gasteiger charge is 2.43. The molecule has 0 aliphatic carbocycles. The molecule has 7 heteroatoms. The number of hydrogen-bond acceptors (Lipinski definition) is 5. The highest BCUT2D eigenvalue weighted by molar-refractivity contribution is 5.88. The fourth-order valence-corrected chi connectivity index (χ4v) is 3.17. The highest BCUT2D eigenvalue weighted by atomic mass is 16.6. The fraction of sp³-hybridized carbons (Fsp3) is 0.647. The van der Waals surface area contributed by atoms with Crippen LogP contribution in [0.25, 0.3) is 0 Å². The monoisotopic (exact) mass is 332 g/mol. The van der Waals surface area contributed by atoms with E-state index in [2.05, 4.69) is 9.97 Å². The number of hydrogen-bond donors (Lipinski definition) is 0. The quantitative estimate of drug-likeness (QED) is 0.788. The molecule has 1 aromatic rings. The average molecular weight is 332 g/mol. The van der Waals surface area contributed by atoms with Gasteiger partial charge in [0, 0.05) is 24.8 Å². The van der Waals surface area contributed by atoms with E-state index < -0.39 is 17.7 Å². The molecular weight excluding hydrogens is 308 g/mol. The predicted octanol–water partition coefficient (Wildman–Crippen LogP) is 2.20. The zero-order valence-electron chi connectivity index (χ0n) is 14.7. The molecule has 130 valence electrons. The molecule has 1 unspecified atom stereocenters. The molecule has 24 heavy (non-hydrogen) atoms. The van der Waals surface area contributed by atoms with E-state index in [0.29, 0.717) is 11.4 Å². The summed E-state index contributed by atoms with van der Waals surface area (Å²) in [5, 5.41) is 0. The maximum atomic E-state index is 13.0. The molecule has 2 aliphatic heterocycles. The van der Waals surface area contributed by atoms with Gasteiger partial charge in [-0.05, 0) is 40.5 Å². The Bertz CT molecular complexity index is 662. The number of likely N-dealkylation sites (tertiary alicyclic amines) is 1. The average Bonchev–Trinajstić information content (AvgIpc) is 3.11. The van der Waals surface area contributed by atoms with Crippen molar-refractivity contribution in [2.24, 2.45) is 0 Å². The molecule has 0 N–H and O–H groups in total. The molecule has 1 fully saturated rings. The van der Waals surface area contributed by atoms with Crippen LogP contribution in [-0.2, 0) is 16.1 Å². The van der Waals surface area contributed by atoms with Crippen LogP contribution in [0.4, 0.5) is 4.79 Å². The maximum Gasteiger partial charge on any atom is 0.411 e. The molecular formula is C17H24N4O3. The second-order valence-corrected chi connectivity index (χ2v) is 7.36. The Morgan fingerprint density at radius 2 is 1.92 bits per heavy atom. The largest absolute Gasteiger partial charge is 0.444 e. The molecule has 3 heterocycles. The van der Waals surface area contributed by atoms with Gasteiger partial charge in [0.05, 0.1) is 12.2 Å². The van der Waals surface area contributed by atoms with Crippen molar-refractivity contribution < 1.29 is 14.3 Å². The molecule has 1 aromatic heterocycles. The highest BCUT2D eigenvalue weighted by Crippen LogP contribution is 2.35. The number of fused-ring (bicyclic) bond motifs is 1. The van der Waals surface area contributed by atoms with Gasteiger partial charge in [0.2, 0.25) is 5.91 Å². The molecule has 0 radical (unpaired) electrons. The predicted molar refractivity (Wildman–Crippen MR) is 87.1 cm³/mol. The van der Waals surface area contributed by atoms with E-state index in [1.54, 1.807) is 13.1 Å². The van der Waals surface area contributed by atoms with E-state index in [4.69, 9.17) is 4.74 Å². The smallest absolute Gasteiger partial charge is 0.411 e. The Hall–Kier alpha value is -2.18. The van der Waals surface area contributed by atoms with Gasteiger partial charge in [0.25, 0.3) is 0 Å². The van der Waals surface area contributed by atoms with Gasteiger partial charge in [-0.1, -0.05) is 0 Å². The van der Waals surface area contributed by atoms with Gasteiger partial charge in [-0.25, -0.2) is 14.8 Å². The summed E-state index contributed by atoms with van der Waals surface area (Å²) in [5.41, 5.74) is 0.823. The van der Waals surface area contributed by atoms with Gasteiger partial charge in [0.1, 0.15) is 17.5 Å².